The van der Waals surface area contributed by atoms with E-state index in [0.29, 0.717) is 18.1 Å². The van der Waals surface area contributed by atoms with Crippen LogP contribution in [0, 0.1) is 0 Å². The van der Waals surface area contributed by atoms with Gasteiger partial charge in [-0.3, -0.25) is 4.98 Å². The second-order valence-electron chi connectivity index (χ2n) is 6.90. The minimum atomic E-state index is -0.0747. The Morgan fingerprint density at radius 2 is 1.97 bits per heavy atom. The van der Waals surface area contributed by atoms with E-state index in [1.54, 1.807) is 13.3 Å². The van der Waals surface area contributed by atoms with Crippen molar-refractivity contribution in [3.8, 4) is 11.4 Å². The number of hydrogen-bond acceptors (Lipinski definition) is 4. The van der Waals surface area contributed by atoms with Gasteiger partial charge in [0.05, 0.1) is 24.9 Å². The topological polar surface area (TPSA) is 62.5 Å². The molecule has 0 bridgehead atoms. The van der Waals surface area contributed by atoms with Crippen LogP contribution in [0.15, 0.2) is 67.0 Å². The number of aliphatic hydroxyl groups is 1. The smallest absolute Gasteiger partial charge is 0.170 e. The predicted molar refractivity (Wildman–Crippen MR) is 116 cm³/mol. The zero-order valence-electron chi connectivity index (χ0n) is 16.2. The highest BCUT2D eigenvalue weighted by molar-refractivity contribution is 7.80. The highest BCUT2D eigenvalue weighted by Gasteiger charge is 2.40. The summed E-state index contributed by atoms with van der Waals surface area (Å²) in [7, 11) is 1.66. The van der Waals surface area contributed by atoms with Gasteiger partial charge >= 0.3 is 0 Å². The molecule has 0 amide bonds. The molecular formula is C22H24N4O2S. The number of thiocarbonyl (C=S) groups is 1. The van der Waals surface area contributed by atoms with Crippen molar-refractivity contribution in [2.75, 3.05) is 20.3 Å². The van der Waals surface area contributed by atoms with E-state index in [4.69, 9.17) is 17.0 Å². The van der Waals surface area contributed by atoms with Gasteiger partial charge in [-0.1, -0.05) is 6.07 Å². The van der Waals surface area contributed by atoms with Gasteiger partial charge in [-0.05, 0) is 67.2 Å². The third-order valence-electron chi connectivity index (χ3n) is 5.19. The molecule has 3 aromatic rings. The van der Waals surface area contributed by atoms with Crippen LogP contribution in [0.5, 0.6) is 5.75 Å². The fourth-order valence-corrected chi connectivity index (χ4v) is 4.15. The molecule has 1 fully saturated rings. The Balaban J connectivity index is 1.76. The average molecular weight is 409 g/mol. The van der Waals surface area contributed by atoms with Crippen LogP contribution < -0.4 is 10.1 Å². The third-order valence-corrected chi connectivity index (χ3v) is 5.54. The maximum absolute atomic E-state index is 9.37. The molecule has 0 unspecified atom stereocenters. The summed E-state index contributed by atoms with van der Waals surface area (Å²) < 4.78 is 7.46. The highest BCUT2D eigenvalue weighted by atomic mass is 32.1. The first-order valence-corrected chi connectivity index (χ1v) is 10.0. The minimum absolute atomic E-state index is 0.0407. The van der Waals surface area contributed by atoms with Gasteiger partial charge in [0.2, 0.25) is 0 Å². The van der Waals surface area contributed by atoms with Crippen molar-refractivity contribution in [2.24, 2.45) is 0 Å². The first-order valence-electron chi connectivity index (χ1n) is 9.63. The van der Waals surface area contributed by atoms with Crippen molar-refractivity contribution in [3.05, 3.63) is 78.4 Å². The van der Waals surface area contributed by atoms with Crippen molar-refractivity contribution in [3.63, 3.8) is 0 Å². The van der Waals surface area contributed by atoms with Crippen molar-refractivity contribution in [1.82, 2.24) is 19.8 Å². The van der Waals surface area contributed by atoms with Crippen LogP contribution in [-0.4, -0.2) is 44.9 Å². The average Bonchev–Trinajstić information content (AvgIpc) is 3.37. The summed E-state index contributed by atoms with van der Waals surface area (Å²) in [6, 6.07) is 17.9. The van der Waals surface area contributed by atoms with Crippen LogP contribution in [0.25, 0.3) is 5.69 Å². The van der Waals surface area contributed by atoms with E-state index in [-0.39, 0.29) is 18.7 Å². The number of hydrogen-bond donors (Lipinski definition) is 2. The molecule has 7 heteroatoms. The maximum atomic E-state index is 9.37. The summed E-state index contributed by atoms with van der Waals surface area (Å²) in [5, 5.41) is 13.5. The quantitative estimate of drug-likeness (QED) is 0.586. The van der Waals surface area contributed by atoms with Crippen molar-refractivity contribution >= 4 is 17.3 Å². The molecule has 1 saturated heterocycles. The highest BCUT2D eigenvalue weighted by Crippen LogP contribution is 2.39. The lowest BCUT2D eigenvalue weighted by Gasteiger charge is -2.28. The molecule has 2 aromatic heterocycles. The number of benzene rings is 1. The molecule has 2 N–H and O–H groups in total. The number of pyridine rings is 1. The summed E-state index contributed by atoms with van der Waals surface area (Å²) in [4.78, 5) is 6.72. The van der Waals surface area contributed by atoms with E-state index in [2.05, 4.69) is 32.0 Å². The fraction of sp³-hybridized carbons (Fsp3) is 0.273. The Morgan fingerprint density at radius 3 is 2.66 bits per heavy atom. The Morgan fingerprint density at radius 1 is 1.14 bits per heavy atom. The van der Waals surface area contributed by atoms with Gasteiger partial charge in [0.1, 0.15) is 5.75 Å². The molecule has 6 nitrogen and oxygen atoms in total. The van der Waals surface area contributed by atoms with Gasteiger partial charge in [-0.2, -0.15) is 0 Å². The number of aliphatic hydroxyl groups excluding tert-OH is 1. The summed E-state index contributed by atoms with van der Waals surface area (Å²) in [6.45, 7) is 0.795. The monoisotopic (exact) mass is 408 g/mol. The molecule has 150 valence electrons. The van der Waals surface area contributed by atoms with Crippen molar-refractivity contribution < 1.29 is 9.84 Å². The fourth-order valence-electron chi connectivity index (χ4n) is 3.82. The summed E-state index contributed by atoms with van der Waals surface area (Å²) in [6.07, 6.45) is 4.50. The van der Waals surface area contributed by atoms with Gasteiger partial charge in [0.25, 0.3) is 0 Å². The summed E-state index contributed by atoms with van der Waals surface area (Å²) >= 11 is 5.65. The molecular weight excluding hydrogens is 384 g/mol. The molecule has 1 aliphatic heterocycles. The second-order valence-corrected chi connectivity index (χ2v) is 7.28. The van der Waals surface area contributed by atoms with E-state index in [1.807, 2.05) is 48.5 Å². The summed E-state index contributed by atoms with van der Waals surface area (Å²) in [5.41, 5.74) is 3.09. The number of ether oxygens (including phenoxy) is 1. The van der Waals surface area contributed by atoms with E-state index < -0.39 is 0 Å². The minimum Gasteiger partial charge on any atom is -0.497 e. The summed E-state index contributed by atoms with van der Waals surface area (Å²) in [5.74, 6) is 0.821. The van der Waals surface area contributed by atoms with Crippen molar-refractivity contribution in [2.45, 2.75) is 18.5 Å². The van der Waals surface area contributed by atoms with Crippen LogP contribution in [0.2, 0.25) is 0 Å². The molecule has 0 saturated carbocycles. The number of methoxy groups -OCH3 is 1. The second kappa shape index (κ2) is 8.63. The zero-order chi connectivity index (χ0) is 20.2. The Kier molecular flexibility index (Phi) is 5.78. The van der Waals surface area contributed by atoms with Gasteiger partial charge in [-0.15, -0.1) is 0 Å². The van der Waals surface area contributed by atoms with E-state index in [0.717, 1.165) is 22.8 Å². The van der Waals surface area contributed by atoms with Gasteiger partial charge in [0, 0.05) is 36.9 Å². The third kappa shape index (κ3) is 3.83. The number of nitrogens with zero attached hydrogens (tertiary/aromatic N) is 3. The first-order chi connectivity index (χ1) is 14.2. The molecule has 4 rings (SSSR count). The normalized spacial score (nSPS) is 18.7. The Bertz CT molecular complexity index is 958. The van der Waals surface area contributed by atoms with Crippen LogP contribution in [0.4, 0.5) is 0 Å². The molecule has 3 heterocycles. The van der Waals surface area contributed by atoms with Crippen molar-refractivity contribution in [1.29, 1.82) is 0 Å². The number of aromatic nitrogens is 2. The van der Waals surface area contributed by atoms with Gasteiger partial charge in [0.15, 0.2) is 5.11 Å². The lowest BCUT2D eigenvalue weighted by Crippen LogP contribution is -2.31. The standard InChI is InChI=1S/C22H24N4O2S/c1-28-17-10-8-16(9-11-17)25-13-4-7-19(25)21-20(18-6-2-3-12-23-18)24-22(29)26(21)14-5-15-27/h2-4,6-13,20-21,27H,5,14-15H2,1H3,(H,24,29)/t20-,21+/m1/s1. The Hall–Kier alpha value is -2.90. The van der Waals surface area contributed by atoms with Crippen LogP contribution >= 0.6 is 12.2 Å². The molecule has 2 atom stereocenters. The first kappa shape index (κ1) is 19.4. The molecule has 1 aromatic carbocycles. The molecule has 0 aliphatic carbocycles. The molecule has 29 heavy (non-hydrogen) atoms. The van der Waals surface area contributed by atoms with E-state index in [9.17, 15) is 5.11 Å². The molecule has 0 radical (unpaired) electrons. The maximum Gasteiger partial charge on any atom is 0.170 e. The lowest BCUT2D eigenvalue weighted by molar-refractivity contribution is 0.245. The Labute approximate surface area is 175 Å². The SMILES string of the molecule is COc1ccc(-n2cccc2[C@H]2[C@@H](c3ccccn3)NC(=S)N2CCCO)cc1. The molecule has 0 spiro atoms. The van der Waals surface area contributed by atoms with E-state index >= 15 is 0 Å². The predicted octanol–water partition coefficient (Wildman–Crippen LogP) is 3.24. The van der Waals surface area contributed by atoms with Crippen LogP contribution in [-0.2, 0) is 0 Å². The zero-order valence-corrected chi connectivity index (χ0v) is 17.0. The van der Waals surface area contributed by atoms with E-state index in [1.165, 1.54) is 0 Å². The lowest BCUT2D eigenvalue weighted by atomic mass is 10.0. The van der Waals surface area contributed by atoms with Gasteiger partial charge < -0.3 is 24.6 Å². The van der Waals surface area contributed by atoms with Crippen LogP contribution in [0.1, 0.15) is 29.9 Å². The number of rotatable bonds is 7. The largest absolute Gasteiger partial charge is 0.497 e. The number of nitrogens with one attached hydrogen (secondary N) is 1. The van der Waals surface area contributed by atoms with Crippen LogP contribution in [0.3, 0.4) is 0 Å². The molecule has 1 aliphatic rings. The van der Waals surface area contributed by atoms with Gasteiger partial charge in [-0.25, -0.2) is 0 Å².